The molecule has 6 nitrogen and oxygen atoms in total. The molecular formula is C19H21N4O2P. The normalized spacial score (nSPS) is 17.4. The average molecular weight is 368 g/mol. The predicted octanol–water partition coefficient (Wildman–Crippen LogP) is 2.13. The summed E-state index contributed by atoms with van der Waals surface area (Å²) in [5, 5.41) is 0.461. The van der Waals surface area contributed by atoms with Crippen LogP contribution in [0.3, 0.4) is 0 Å². The van der Waals surface area contributed by atoms with Crippen LogP contribution in [0, 0.1) is 6.92 Å². The average Bonchev–Trinajstić information content (AvgIpc) is 2.64. The van der Waals surface area contributed by atoms with E-state index in [1.54, 1.807) is 19.2 Å². The number of rotatable bonds is 3. The van der Waals surface area contributed by atoms with Crippen molar-refractivity contribution in [1.82, 2.24) is 19.9 Å². The van der Waals surface area contributed by atoms with E-state index in [0.717, 1.165) is 19.6 Å². The molecule has 26 heavy (non-hydrogen) atoms. The Morgan fingerprint density at radius 2 is 1.92 bits per heavy atom. The molecule has 0 atom stereocenters. The largest absolute Gasteiger partial charge is 0.317 e. The summed E-state index contributed by atoms with van der Waals surface area (Å²) in [7, 11) is -2.58. The van der Waals surface area contributed by atoms with Crippen molar-refractivity contribution < 1.29 is 4.57 Å². The number of nitrogens with one attached hydrogen (secondary N) is 1. The van der Waals surface area contributed by atoms with Gasteiger partial charge in [0.2, 0.25) is 0 Å². The van der Waals surface area contributed by atoms with Crippen LogP contribution in [0.4, 0.5) is 0 Å². The summed E-state index contributed by atoms with van der Waals surface area (Å²) in [5.74, 6) is 0.554. The van der Waals surface area contributed by atoms with E-state index in [0.29, 0.717) is 34.5 Å². The molecule has 134 valence electrons. The van der Waals surface area contributed by atoms with E-state index < -0.39 is 7.14 Å². The van der Waals surface area contributed by atoms with Crippen molar-refractivity contribution in [2.24, 2.45) is 0 Å². The van der Waals surface area contributed by atoms with E-state index >= 15 is 0 Å². The van der Waals surface area contributed by atoms with Gasteiger partial charge < -0.3 is 9.55 Å². The van der Waals surface area contributed by atoms with Crippen LogP contribution < -0.4 is 11.0 Å². The Kier molecular flexibility index (Phi) is 4.47. The molecule has 0 aliphatic carbocycles. The van der Waals surface area contributed by atoms with Gasteiger partial charge in [0.05, 0.1) is 17.1 Å². The van der Waals surface area contributed by atoms with Crippen molar-refractivity contribution in [3.05, 3.63) is 64.3 Å². The molecule has 1 saturated heterocycles. The first-order valence-corrected chi connectivity index (χ1v) is 10.8. The highest BCUT2D eigenvalue weighted by Gasteiger charge is 2.32. The molecule has 7 heteroatoms. The quantitative estimate of drug-likeness (QED) is 0.717. The maximum Gasteiger partial charge on any atom is 0.258 e. The lowest BCUT2D eigenvalue weighted by Crippen LogP contribution is -2.37. The van der Waals surface area contributed by atoms with Crippen LogP contribution in [0.1, 0.15) is 11.4 Å². The van der Waals surface area contributed by atoms with Crippen LogP contribution in [0.5, 0.6) is 0 Å². The summed E-state index contributed by atoms with van der Waals surface area (Å²) in [6.45, 7) is 4.15. The Balaban J connectivity index is 1.54. The standard InChI is InChI=1S/C19H21N4O2P/c1-14-21-17-12-20-18(11-16(17)19(24)22-14)26(25)9-7-23(8-10-26)13-15-5-3-2-4-6-15/h2-6,11-12H,7-10,13H2,1H3,(H,21,22,24). The van der Waals surface area contributed by atoms with Crippen LogP contribution in [0.15, 0.2) is 47.4 Å². The third kappa shape index (κ3) is 3.35. The van der Waals surface area contributed by atoms with E-state index in [-0.39, 0.29) is 5.56 Å². The molecule has 0 saturated carbocycles. The number of nitrogens with zero attached hydrogens (tertiary/aromatic N) is 3. The Bertz CT molecular complexity index is 1040. The lowest BCUT2D eigenvalue weighted by atomic mass is 10.2. The van der Waals surface area contributed by atoms with Gasteiger partial charge >= 0.3 is 0 Å². The molecule has 1 N–H and O–H groups in total. The molecule has 0 amide bonds. The van der Waals surface area contributed by atoms with Crippen molar-refractivity contribution in [1.29, 1.82) is 0 Å². The first-order chi connectivity index (χ1) is 12.5. The summed E-state index contributed by atoms with van der Waals surface area (Å²) in [4.78, 5) is 25.9. The van der Waals surface area contributed by atoms with Crippen LogP contribution in [0.2, 0.25) is 0 Å². The molecule has 1 aliphatic rings. The van der Waals surface area contributed by atoms with Crippen molar-refractivity contribution >= 4 is 23.5 Å². The van der Waals surface area contributed by atoms with E-state index in [1.165, 1.54) is 5.56 Å². The van der Waals surface area contributed by atoms with E-state index in [4.69, 9.17) is 0 Å². The number of hydrogen-bond acceptors (Lipinski definition) is 5. The van der Waals surface area contributed by atoms with Crippen LogP contribution in [0.25, 0.3) is 10.9 Å². The molecule has 1 fully saturated rings. The van der Waals surface area contributed by atoms with Gasteiger partial charge in [-0.05, 0) is 18.6 Å². The van der Waals surface area contributed by atoms with E-state index in [9.17, 15) is 9.36 Å². The minimum Gasteiger partial charge on any atom is -0.317 e. The SMILES string of the molecule is Cc1nc2cnc(P3(=O)CCN(Cc4ccccc4)CC3)cc2c(=O)[nH]1. The fraction of sp³-hybridized carbons (Fsp3) is 0.316. The smallest absolute Gasteiger partial charge is 0.258 e. The third-order valence-electron chi connectivity index (χ3n) is 4.92. The van der Waals surface area contributed by atoms with Gasteiger partial charge in [-0.2, -0.15) is 0 Å². The van der Waals surface area contributed by atoms with Gasteiger partial charge in [-0.3, -0.25) is 14.7 Å². The topological polar surface area (TPSA) is 79.0 Å². The van der Waals surface area contributed by atoms with Gasteiger partial charge in [0.15, 0.2) is 0 Å². The minimum absolute atomic E-state index is 0.203. The molecule has 2 aromatic heterocycles. The van der Waals surface area contributed by atoms with Gasteiger partial charge in [0.1, 0.15) is 18.4 Å². The number of aromatic nitrogens is 3. The summed E-state index contributed by atoms with van der Waals surface area (Å²) in [6, 6.07) is 12.0. The second-order valence-electron chi connectivity index (χ2n) is 6.81. The number of aromatic amines is 1. The summed E-state index contributed by atoms with van der Waals surface area (Å²) < 4.78 is 13.4. The van der Waals surface area contributed by atoms with Crippen molar-refractivity contribution in [3.8, 4) is 0 Å². The molecule has 3 aromatic rings. The Morgan fingerprint density at radius 3 is 2.65 bits per heavy atom. The highest BCUT2D eigenvalue weighted by Crippen LogP contribution is 2.45. The molecule has 4 rings (SSSR count). The Morgan fingerprint density at radius 1 is 1.19 bits per heavy atom. The maximum atomic E-state index is 13.4. The molecule has 3 heterocycles. The molecule has 1 aliphatic heterocycles. The molecule has 1 aromatic carbocycles. The number of benzene rings is 1. The van der Waals surface area contributed by atoms with Gasteiger partial charge in [-0.25, -0.2) is 4.98 Å². The van der Waals surface area contributed by atoms with Gasteiger partial charge in [-0.1, -0.05) is 30.3 Å². The van der Waals surface area contributed by atoms with Crippen LogP contribution in [-0.4, -0.2) is 45.3 Å². The zero-order valence-corrected chi connectivity index (χ0v) is 15.6. The first-order valence-electron chi connectivity index (χ1n) is 8.75. The number of H-pyrrole nitrogens is 1. The highest BCUT2D eigenvalue weighted by atomic mass is 31.2. The first kappa shape index (κ1) is 17.1. The van der Waals surface area contributed by atoms with Crippen molar-refractivity contribution in [2.45, 2.75) is 13.5 Å². The summed E-state index contributed by atoms with van der Waals surface area (Å²) in [6.07, 6.45) is 2.76. The second-order valence-corrected chi connectivity index (χ2v) is 9.94. The number of aryl methyl sites for hydroxylation is 1. The lowest BCUT2D eigenvalue weighted by molar-refractivity contribution is 0.288. The lowest BCUT2D eigenvalue weighted by Gasteiger charge is -2.32. The Hall–Kier alpha value is -2.30. The molecule has 0 radical (unpaired) electrons. The van der Waals surface area contributed by atoms with E-state index in [2.05, 4.69) is 32.0 Å². The fourth-order valence-electron chi connectivity index (χ4n) is 3.43. The van der Waals surface area contributed by atoms with Crippen molar-refractivity contribution in [3.63, 3.8) is 0 Å². The van der Waals surface area contributed by atoms with Gasteiger partial charge in [0.25, 0.3) is 5.56 Å². The number of fused-ring (bicyclic) bond motifs is 1. The fourth-order valence-corrected chi connectivity index (χ4v) is 5.96. The van der Waals surface area contributed by atoms with Gasteiger partial charge in [-0.15, -0.1) is 0 Å². The zero-order valence-electron chi connectivity index (χ0n) is 14.7. The monoisotopic (exact) mass is 368 g/mol. The van der Waals surface area contributed by atoms with Gasteiger partial charge in [0, 0.05) is 32.0 Å². The molecule has 0 bridgehead atoms. The van der Waals surface area contributed by atoms with Crippen LogP contribution >= 0.6 is 7.14 Å². The van der Waals surface area contributed by atoms with Crippen molar-refractivity contribution in [2.75, 3.05) is 25.4 Å². The molecular weight excluding hydrogens is 347 g/mol. The summed E-state index contributed by atoms with van der Waals surface area (Å²) in [5.41, 5.74) is 2.16. The predicted molar refractivity (Wildman–Crippen MR) is 104 cm³/mol. The third-order valence-corrected chi connectivity index (χ3v) is 7.84. The molecule has 0 unspecified atom stereocenters. The maximum absolute atomic E-state index is 13.4. The zero-order chi connectivity index (χ0) is 18.1. The Labute approximate surface area is 151 Å². The second kappa shape index (κ2) is 6.78. The summed E-state index contributed by atoms with van der Waals surface area (Å²) >= 11 is 0. The molecule has 0 spiro atoms. The minimum atomic E-state index is -2.58. The van der Waals surface area contributed by atoms with E-state index in [1.807, 2.05) is 18.2 Å². The highest BCUT2D eigenvalue weighted by molar-refractivity contribution is 7.71. The number of hydrogen-bond donors (Lipinski definition) is 1. The van der Waals surface area contributed by atoms with Crippen LogP contribution in [-0.2, 0) is 11.1 Å². The number of pyridine rings is 1.